The van der Waals surface area contributed by atoms with Crippen LogP contribution in [0.2, 0.25) is 5.02 Å². The number of carbonyl (C=O) groups is 3. The topological polar surface area (TPSA) is 93.8 Å². The minimum Gasteiger partial charge on any atom is -0.506 e. The zero-order valence-electron chi connectivity index (χ0n) is 14.4. The monoisotopic (exact) mass is 384 g/mol. The molecule has 0 atom stereocenters. The number of hydrogen-bond donors (Lipinski definition) is 1. The number of furan rings is 1. The Morgan fingerprint density at radius 3 is 2.33 bits per heavy atom. The Kier molecular flexibility index (Phi) is 3.82. The highest BCUT2D eigenvalue weighted by Crippen LogP contribution is 2.46. The number of phenolic OH excluding ortho intramolecular Hbond substituents is 1. The maximum atomic E-state index is 13.0. The van der Waals surface area contributed by atoms with Gasteiger partial charge < -0.3 is 14.3 Å². The first-order chi connectivity index (χ1) is 12.9. The van der Waals surface area contributed by atoms with Crippen molar-refractivity contribution in [3.8, 4) is 5.75 Å². The third kappa shape index (κ3) is 2.23. The summed E-state index contributed by atoms with van der Waals surface area (Å²) in [6, 6.07) is 6.28. The van der Waals surface area contributed by atoms with Crippen molar-refractivity contribution in [1.29, 1.82) is 0 Å². The van der Waals surface area contributed by atoms with Gasteiger partial charge in [-0.1, -0.05) is 35.9 Å². The van der Waals surface area contributed by atoms with Crippen LogP contribution in [-0.2, 0) is 4.74 Å². The molecule has 6 nitrogen and oxygen atoms in total. The van der Waals surface area contributed by atoms with Gasteiger partial charge >= 0.3 is 5.97 Å². The van der Waals surface area contributed by atoms with E-state index in [1.165, 1.54) is 19.1 Å². The normalized spacial score (nSPS) is 12.9. The Labute approximate surface area is 158 Å². The molecule has 0 spiro atoms. The van der Waals surface area contributed by atoms with Gasteiger partial charge in [-0.05, 0) is 13.8 Å². The molecular formula is C20H13ClO6. The van der Waals surface area contributed by atoms with Gasteiger partial charge in [0.15, 0.2) is 17.1 Å². The van der Waals surface area contributed by atoms with Crippen molar-refractivity contribution >= 4 is 40.1 Å². The maximum absolute atomic E-state index is 13.0. The van der Waals surface area contributed by atoms with Gasteiger partial charge in [0, 0.05) is 11.1 Å². The fourth-order valence-electron chi connectivity index (χ4n) is 3.42. The lowest BCUT2D eigenvalue weighted by Crippen LogP contribution is -2.21. The molecule has 3 aromatic rings. The SMILES string of the molecule is CCOC(=O)c1c(C)oc2c(Cl)c3c(c(O)c12)C(=O)c1ccccc1C3=O. The van der Waals surface area contributed by atoms with Crippen LogP contribution in [0.15, 0.2) is 28.7 Å². The third-order valence-corrected chi connectivity index (χ3v) is 4.94. The molecule has 1 aliphatic rings. The summed E-state index contributed by atoms with van der Waals surface area (Å²) in [5.41, 5.74) is -0.0533. The quantitative estimate of drug-likeness (QED) is 0.524. The Morgan fingerprint density at radius 2 is 1.74 bits per heavy atom. The number of ketones is 2. The van der Waals surface area contributed by atoms with Crippen molar-refractivity contribution < 1.29 is 28.6 Å². The van der Waals surface area contributed by atoms with Crippen LogP contribution in [0, 0.1) is 6.92 Å². The highest BCUT2D eigenvalue weighted by Gasteiger charge is 2.38. The fraction of sp³-hybridized carbons (Fsp3) is 0.150. The standard InChI is InChI=1S/C20H13ClO6/c1-3-26-20(25)11-8(2)27-19-14(11)18(24)13-12(15(19)21)16(22)9-6-4-5-7-10(9)17(13)23/h4-7,24H,3H2,1-2H3. The Morgan fingerprint density at radius 1 is 1.15 bits per heavy atom. The molecule has 1 N–H and O–H groups in total. The number of aryl methyl sites for hydroxylation is 1. The molecule has 4 rings (SSSR count). The number of aromatic hydroxyl groups is 1. The summed E-state index contributed by atoms with van der Waals surface area (Å²) < 4.78 is 10.6. The van der Waals surface area contributed by atoms with Crippen molar-refractivity contribution in [2.75, 3.05) is 6.61 Å². The molecule has 0 fully saturated rings. The molecule has 136 valence electrons. The minimum absolute atomic E-state index is 0.0202. The van der Waals surface area contributed by atoms with Gasteiger partial charge in [-0.3, -0.25) is 9.59 Å². The van der Waals surface area contributed by atoms with Crippen molar-refractivity contribution in [1.82, 2.24) is 0 Å². The van der Waals surface area contributed by atoms with Crippen molar-refractivity contribution in [3.63, 3.8) is 0 Å². The van der Waals surface area contributed by atoms with E-state index in [0.717, 1.165) is 0 Å². The molecule has 27 heavy (non-hydrogen) atoms. The smallest absolute Gasteiger partial charge is 0.342 e. The van der Waals surface area contributed by atoms with E-state index in [9.17, 15) is 19.5 Å². The molecule has 0 aliphatic heterocycles. The minimum atomic E-state index is -0.713. The van der Waals surface area contributed by atoms with Gasteiger partial charge in [0.25, 0.3) is 0 Å². The number of phenols is 1. The van der Waals surface area contributed by atoms with Crippen molar-refractivity contribution in [2.24, 2.45) is 0 Å². The molecule has 0 unspecified atom stereocenters. The first-order valence-electron chi connectivity index (χ1n) is 8.21. The van der Waals surface area contributed by atoms with Crippen LogP contribution in [0.3, 0.4) is 0 Å². The number of benzene rings is 2. The molecule has 1 heterocycles. The van der Waals surface area contributed by atoms with Gasteiger partial charge in [-0.2, -0.15) is 0 Å². The van der Waals surface area contributed by atoms with Gasteiger partial charge in [-0.25, -0.2) is 4.79 Å². The van der Waals surface area contributed by atoms with Crippen LogP contribution in [0.25, 0.3) is 11.0 Å². The Balaban J connectivity index is 2.12. The third-order valence-electron chi connectivity index (χ3n) is 4.58. The number of fused-ring (bicyclic) bond motifs is 3. The summed E-state index contributed by atoms with van der Waals surface area (Å²) in [7, 11) is 0. The van der Waals surface area contributed by atoms with Gasteiger partial charge in [0.1, 0.15) is 17.1 Å². The largest absolute Gasteiger partial charge is 0.506 e. The van der Waals surface area contributed by atoms with Crippen LogP contribution in [0.1, 0.15) is 54.9 Å². The molecular weight excluding hydrogens is 372 g/mol. The van der Waals surface area contributed by atoms with E-state index in [1.807, 2.05) is 0 Å². The van der Waals surface area contributed by atoms with Crippen molar-refractivity contribution in [3.05, 3.63) is 62.9 Å². The summed E-state index contributed by atoms with van der Waals surface area (Å²) in [6.07, 6.45) is 0. The average molecular weight is 385 g/mol. The van der Waals surface area contributed by atoms with E-state index in [1.54, 1.807) is 19.1 Å². The molecule has 7 heteroatoms. The van der Waals surface area contributed by atoms with Gasteiger partial charge in [-0.15, -0.1) is 0 Å². The summed E-state index contributed by atoms with van der Waals surface area (Å²) >= 11 is 6.40. The number of esters is 1. The molecule has 0 saturated heterocycles. The summed E-state index contributed by atoms with van der Waals surface area (Å²) in [5.74, 6) is -2.10. The zero-order chi connectivity index (χ0) is 19.5. The number of halogens is 1. The number of ether oxygens (including phenoxy) is 1. The number of rotatable bonds is 2. The summed E-state index contributed by atoms with van der Waals surface area (Å²) in [6.45, 7) is 3.28. The molecule has 1 aliphatic carbocycles. The fourth-order valence-corrected chi connectivity index (χ4v) is 3.74. The molecule has 1 aromatic heterocycles. The van der Waals surface area contributed by atoms with E-state index in [-0.39, 0.29) is 56.2 Å². The van der Waals surface area contributed by atoms with Crippen LogP contribution in [-0.4, -0.2) is 29.2 Å². The van der Waals surface area contributed by atoms with Gasteiger partial charge in [0.2, 0.25) is 0 Å². The number of carbonyl (C=O) groups excluding carboxylic acids is 3. The molecule has 0 amide bonds. The predicted molar refractivity (Wildman–Crippen MR) is 96.9 cm³/mol. The Hall–Kier alpha value is -3.12. The van der Waals surface area contributed by atoms with Crippen LogP contribution in [0.5, 0.6) is 5.75 Å². The predicted octanol–water partition coefficient (Wildman–Crippen LogP) is 4.05. The zero-order valence-corrected chi connectivity index (χ0v) is 15.1. The lowest BCUT2D eigenvalue weighted by Gasteiger charge is -2.19. The lowest BCUT2D eigenvalue weighted by atomic mass is 9.82. The first-order valence-corrected chi connectivity index (χ1v) is 8.59. The second-order valence-electron chi connectivity index (χ2n) is 6.07. The van der Waals surface area contributed by atoms with Crippen molar-refractivity contribution in [2.45, 2.75) is 13.8 Å². The van der Waals surface area contributed by atoms with E-state index < -0.39 is 23.3 Å². The molecule has 0 bridgehead atoms. The molecule has 0 saturated carbocycles. The Bertz CT molecular complexity index is 1170. The maximum Gasteiger partial charge on any atom is 0.342 e. The van der Waals surface area contributed by atoms with E-state index in [4.69, 9.17) is 20.8 Å². The van der Waals surface area contributed by atoms with E-state index in [0.29, 0.717) is 0 Å². The van der Waals surface area contributed by atoms with Crippen LogP contribution < -0.4 is 0 Å². The molecule has 2 aromatic carbocycles. The highest BCUT2D eigenvalue weighted by molar-refractivity contribution is 6.43. The van der Waals surface area contributed by atoms with Gasteiger partial charge in [0.05, 0.1) is 28.1 Å². The summed E-state index contributed by atoms with van der Waals surface area (Å²) in [5, 5.41) is 10.7. The highest BCUT2D eigenvalue weighted by atomic mass is 35.5. The van der Waals surface area contributed by atoms with E-state index >= 15 is 0 Å². The summed E-state index contributed by atoms with van der Waals surface area (Å²) in [4.78, 5) is 38.2. The van der Waals surface area contributed by atoms with Crippen LogP contribution in [0.4, 0.5) is 0 Å². The average Bonchev–Trinajstić information content (AvgIpc) is 3.00. The van der Waals surface area contributed by atoms with E-state index in [2.05, 4.69) is 0 Å². The number of hydrogen-bond acceptors (Lipinski definition) is 6. The lowest BCUT2D eigenvalue weighted by molar-refractivity contribution is 0.0526. The molecule has 0 radical (unpaired) electrons. The second kappa shape index (κ2) is 5.96. The first kappa shape index (κ1) is 17.3. The second-order valence-corrected chi connectivity index (χ2v) is 6.45. The van der Waals surface area contributed by atoms with Crippen LogP contribution >= 0.6 is 11.6 Å².